The number of hydrogen-bond donors (Lipinski definition) is 1. The summed E-state index contributed by atoms with van der Waals surface area (Å²) >= 11 is 5.15. The summed E-state index contributed by atoms with van der Waals surface area (Å²) < 4.78 is 1.07. The molecule has 2 N–H and O–H groups in total. The molecule has 0 saturated carbocycles. The van der Waals surface area contributed by atoms with Gasteiger partial charge in [0.05, 0.1) is 5.69 Å². The van der Waals surface area contributed by atoms with Crippen LogP contribution >= 0.6 is 27.3 Å². The summed E-state index contributed by atoms with van der Waals surface area (Å²) in [6.07, 6.45) is 0. The van der Waals surface area contributed by atoms with E-state index >= 15 is 0 Å². The molecule has 0 fully saturated rings. The number of nitrogens with two attached hydrogens (primary N) is 1. The minimum Gasteiger partial charge on any atom is -0.326 e. The van der Waals surface area contributed by atoms with Gasteiger partial charge in [0.2, 0.25) is 0 Å². The summed E-state index contributed by atoms with van der Waals surface area (Å²) in [5, 5.41) is 3.12. The quantitative estimate of drug-likeness (QED) is 0.747. The molecule has 100 valence electrons. The normalized spacial score (nSPS) is 10.7. The Morgan fingerprint density at radius 2 is 1.85 bits per heavy atom. The fraction of sp³-hybridized carbons (Fsp3) is 0.0625. The van der Waals surface area contributed by atoms with E-state index in [0.29, 0.717) is 6.54 Å². The van der Waals surface area contributed by atoms with E-state index < -0.39 is 0 Å². The average molecular weight is 345 g/mol. The summed E-state index contributed by atoms with van der Waals surface area (Å²) in [6.45, 7) is 0.571. The Labute approximate surface area is 130 Å². The summed E-state index contributed by atoms with van der Waals surface area (Å²) in [6, 6.07) is 16.4. The van der Waals surface area contributed by atoms with Gasteiger partial charge < -0.3 is 5.73 Å². The Morgan fingerprint density at radius 1 is 1.05 bits per heavy atom. The van der Waals surface area contributed by atoms with Gasteiger partial charge in [0, 0.05) is 27.5 Å². The van der Waals surface area contributed by atoms with Crippen LogP contribution in [0.5, 0.6) is 0 Å². The van der Waals surface area contributed by atoms with Gasteiger partial charge in [0.25, 0.3) is 0 Å². The first kappa shape index (κ1) is 13.5. The summed E-state index contributed by atoms with van der Waals surface area (Å²) in [7, 11) is 0. The van der Waals surface area contributed by atoms with Crippen LogP contribution in [-0.2, 0) is 6.54 Å². The third kappa shape index (κ3) is 2.82. The fourth-order valence-corrected chi connectivity index (χ4v) is 3.20. The van der Waals surface area contributed by atoms with Crippen molar-refractivity contribution in [1.82, 2.24) is 4.98 Å². The Balaban J connectivity index is 1.93. The van der Waals surface area contributed by atoms with Crippen molar-refractivity contribution in [3.8, 4) is 21.8 Å². The molecule has 0 radical (unpaired) electrons. The number of nitrogens with zero attached hydrogens (tertiary/aromatic N) is 1. The lowest BCUT2D eigenvalue weighted by atomic mass is 10.1. The zero-order chi connectivity index (χ0) is 13.9. The van der Waals surface area contributed by atoms with Crippen LogP contribution in [0.2, 0.25) is 0 Å². The third-order valence-electron chi connectivity index (χ3n) is 3.06. The molecular weight excluding hydrogens is 332 g/mol. The van der Waals surface area contributed by atoms with Gasteiger partial charge in [-0.3, -0.25) is 0 Å². The van der Waals surface area contributed by atoms with Crippen LogP contribution in [0.25, 0.3) is 21.8 Å². The Kier molecular flexibility index (Phi) is 3.96. The molecule has 0 amide bonds. The van der Waals surface area contributed by atoms with Gasteiger partial charge in [-0.05, 0) is 17.7 Å². The first-order chi connectivity index (χ1) is 9.76. The molecule has 0 aliphatic carbocycles. The number of hydrogen-bond acceptors (Lipinski definition) is 3. The third-order valence-corrected chi connectivity index (χ3v) is 4.45. The van der Waals surface area contributed by atoms with Crippen LogP contribution in [0.1, 0.15) is 5.56 Å². The molecule has 3 aromatic rings. The summed E-state index contributed by atoms with van der Waals surface area (Å²) in [5.41, 5.74) is 10.0. The van der Waals surface area contributed by atoms with Crippen LogP contribution in [0.3, 0.4) is 0 Å². The minimum absolute atomic E-state index is 0.571. The number of rotatable bonds is 3. The van der Waals surface area contributed by atoms with E-state index in [0.717, 1.165) is 31.9 Å². The Morgan fingerprint density at radius 3 is 2.55 bits per heavy atom. The number of thiazole rings is 1. The maximum Gasteiger partial charge on any atom is 0.124 e. The molecule has 2 nitrogen and oxygen atoms in total. The van der Waals surface area contributed by atoms with Gasteiger partial charge in [-0.2, -0.15) is 0 Å². The molecular formula is C16H13BrN2S. The molecule has 0 aliphatic rings. The average Bonchev–Trinajstić information content (AvgIpc) is 2.97. The van der Waals surface area contributed by atoms with Crippen LogP contribution in [0.15, 0.2) is 58.4 Å². The Bertz CT molecular complexity index is 719. The highest BCUT2D eigenvalue weighted by Gasteiger charge is 2.07. The van der Waals surface area contributed by atoms with Crippen molar-refractivity contribution >= 4 is 27.3 Å². The molecule has 20 heavy (non-hydrogen) atoms. The largest absolute Gasteiger partial charge is 0.326 e. The zero-order valence-corrected chi connectivity index (χ0v) is 13.1. The molecule has 0 saturated heterocycles. The van der Waals surface area contributed by atoms with E-state index in [2.05, 4.69) is 57.7 Å². The molecule has 3 rings (SSSR count). The van der Waals surface area contributed by atoms with Crippen molar-refractivity contribution in [1.29, 1.82) is 0 Å². The molecule has 0 spiro atoms. The smallest absolute Gasteiger partial charge is 0.124 e. The van der Waals surface area contributed by atoms with E-state index in [-0.39, 0.29) is 0 Å². The molecule has 0 bridgehead atoms. The molecule has 1 aromatic heterocycles. The second-order valence-electron chi connectivity index (χ2n) is 4.45. The van der Waals surface area contributed by atoms with Crippen molar-refractivity contribution in [2.75, 3.05) is 0 Å². The molecule has 0 atom stereocenters. The van der Waals surface area contributed by atoms with Gasteiger partial charge in [-0.1, -0.05) is 52.3 Å². The van der Waals surface area contributed by atoms with Gasteiger partial charge in [0.1, 0.15) is 5.01 Å². The van der Waals surface area contributed by atoms with Crippen molar-refractivity contribution in [3.05, 3.63) is 63.9 Å². The molecule has 4 heteroatoms. The second-order valence-corrected chi connectivity index (χ2v) is 6.22. The summed E-state index contributed by atoms with van der Waals surface area (Å²) in [4.78, 5) is 4.71. The number of halogens is 1. The van der Waals surface area contributed by atoms with Crippen LogP contribution in [0.4, 0.5) is 0 Å². The van der Waals surface area contributed by atoms with Crippen LogP contribution < -0.4 is 5.73 Å². The summed E-state index contributed by atoms with van der Waals surface area (Å²) in [5.74, 6) is 0. The van der Waals surface area contributed by atoms with Crippen LogP contribution in [-0.4, -0.2) is 4.98 Å². The van der Waals surface area contributed by atoms with Crippen molar-refractivity contribution < 1.29 is 0 Å². The standard InChI is InChI=1S/C16H13BrN2S/c17-14-3-1-2-13(8-14)15-10-20-16(19-15)12-6-4-11(9-18)5-7-12/h1-8,10H,9,18H2. The van der Waals surface area contributed by atoms with Gasteiger partial charge >= 0.3 is 0 Å². The maximum absolute atomic E-state index is 5.62. The van der Waals surface area contributed by atoms with Crippen LogP contribution in [0, 0.1) is 0 Å². The number of aromatic nitrogens is 1. The van der Waals surface area contributed by atoms with E-state index in [1.165, 1.54) is 0 Å². The van der Waals surface area contributed by atoms with Crippen molar-refractivity contribution in [3.63, 3.8) is 0 Å². The van der Waals surface area contributed by atoms with Gasteiger partial charge in [-0.25, -0.2) is 4.98 Å². The SMILES string of the molecule is NCc1ccc(-c2nc(-c3cccc(Br)c3)cs2)cc1. The van der Waals surface area contributed by atoms with E-state index in [1.807, 2.05) is 12.1 Å². The van der Waals surface area contributed by atoms with Crippen molar-refractivity contribution in [2.45, 2.75) is 6.54 Å². The highest BCUT2D eigenvalue weighted by atomic mass is 79.9. The second kappa shape index (κ2) is 5.87. The lowest BCUT2D eigenvalue weighted by Gasteiger charge is -1.99. The first-order valence-electron chi connectivity index (χ1n) is 6.27. The van der Waals surface area contributed by atoms with E-state index in [4.69, 9.17) is 10.7 Å². The van der Waals surface area contributed by atoms with E-state index in [1.54, 1.807) is 11.3 Å². The fourth-order valence-electron chi connectivity index (χ4n) is 1.97. The predicted octanol–water partition coefficient (Wildman–Crippen LogP) is 4.70. The van der Waals surface area contributed by atoms with Crippen molar-refractivity contribution in [2.24, 2.45) is 5.73 Å². The topological polar surface area (TPSA) is 38.9 Å². The van der Waals surface area contributed by atoms with Gasteiger partial charge in [-0.15, -0.1) is 11.3 Å². The lowest BCUT2D eigenvalue weighted by molar-refractivity contribution is 1.07. The zero-order valence-electron chi connectivity index (χ0n) is 10.7. The molecule has 0 aliphatic heterocycles. The molecule has 2 aromatic carbocycles. The Hall–Kier alpha value is -1.49. The monoisotopic (exact) mass is 344 g/mol. The predicted molar refractivity (Wildman–Crippen MR) is 88.6 cm³/mol. The lowest BCUT2D eigenvalue weighted by Crippen LogP contribution is -1.95. The highest BCUT2D eigenvalue weighted by molar-refractivity contribution is 9.10. The maximum atomic E-state index is 5.62. The molecule has 0 unspecified atom stereocenters. The number of benzene rings is 2. The molecule has 1 heterocycles. The van der Waals surface area contributed by atoms with E-state index in [9.17, 15) is 0 Å². The first-order valence-corrected chi connectivity index (χ1v) is 7.94. The highest BCUT2D eigenvalue weighted by Crippen LogP contribution is 2.30. The minimum atomic E-state index is 0.571. The van der Waals surface area contributed by atoms with Gasteiger partial charge in [0.15, 0.2) is 0 Å².